The minimum Gasteiger partial charge on any atom is -0.394 e. The quantitative estimate of drug-likeness (QED) is 0.571. The molecule has 0 saturated carbocycles. The summed E-state index contributed by atoms with van der Waals surface area (Å²) >= 11 is 0. The maximum atomic E-state index is 9.37. The zero-order chi connectivity index (χ0) is 9.84. The summed E-state index contributed by atoms with van der Waals surface area (Å²) in [7, 11) is 0. The predicted molar refractivity (Wildman–Crippen MR) is 44.8 cm³/mol. The van der Waals surface area contributed by atoms with Crippen molar-refractivity contribution in [1.29, 1.82) is 0 Å². The first kappa shape index (κ1) is 10.0. The molecule has 0 saturated heterocycles. The molecule has 0 radical (unpaired) electrons. The van der Waals surface area contributed by atoms with Crippen molar-refractivity contribution in [2.24, 2.45) is 0 Å². The molecule has 0 amide bonds. The monoisotopic (exact) mass is 184 g/mol. The van der Waals surface area contributed by atoms with E-state index in [0.29, 0.717) is 0 Å². The lowest BCUT2D eigenvalue weighted by Gasteiger charge is -2.14. The molecular weight excluding hydrogens is 172 g/mol. The van der Waals surface area contributed by atoms with E-state index in [9.17, 15) is 5.11 Å². The summed E-state index contributed by atoms with van der Waals surface area (Å²) < 4.78 is 0. The maximum Gasteiger partial charge on any atom is 0.126 e. The molecule has 13 heavy (non-hydrogen) atoms. The second-order valence-corrected chi connectivity index (χ2v) is 2.78. The lowest BCUT2D eigenvalue weighted by Crippen LogP contribution is -2.23. The topological polar surface area (TPSA) is 86.5 Å². The number of aliphatic hydroxyl groups is 3. The van der Waals surface area contributed by atoms with E-state index in [0.717, 1.165) is 5.69 Å². The van der Waals surface area contributed by atoms with Crippen LogP contribution in [-0.4, -0.2) is 38.0 Å². The van der Waals surface area contributed by atoms with Crippen LogP contribution in [0.2, 0.25) is 0 Å². The largest absolute Gasteiger partial charge is 0.394 e. The molecule has 1 heterocycles. The molecule has 0 unspecified atom stereocenters. The fourth-order valence-corrected chi connectivity index (χ4v) is 0.852. The Morgan fingerprint density at radius 1 is 1.31 bits per heavy atom. The van der Waals surface area contributed by atoms with Gasteiger partial charge in [0.1, 0.15) is 12.2 Å². The van der Waals surface area contributed by atoms with Gasteiger partial charge < -0.3 is 15.3 Å². The Morgan fingerprint density at radius 3 is 2.46 bits per heavy atom. The minimum atomic E-state index is -1.21. The van der Waals surface area contributed by atoms with Crippen molar-refractivity contribution in [1.82, 2.24) is 9.97 Å². The van der Waals surface area contributed by atoms with Gasteiger partial charge in [-0.15, -0.1) is 0 Å². The first-order valence-electron chi connectivity index (χ1n) is 3.90. The Hall–Kier alpha value is -1.04. The van der Waals surface area contributed by atoms with Crippen LogP contribution in [0, 0.1) is 6.92 Å². The summed E-state index contributed by atoms with van der Waals surface area (Å²) in [5.41, 5.74) is 0.988. The number of aryl methyl sites for hydroxylation is 1. The van der Waals surface area contributed by atoms with Crippen LogP contribution >= 0.6 is 0 Å². The third-order valence-electron chi connectivity index (χ3n) is 1.66. The van der Waals surface area contributed by atoms with Gasteiger partial charge in [0.2, 0.25) is 0 Å². The van der Waals surface area contributed by atoms with Crippen LogP contribution in [0.4, 0.5) is 0 Å². The highest BCUT2D eigenvalue weighted by molar-refractivity contribution is 5.05. The predicted octanol–water partition coefficient (Wildman–Crippen LogP) is -0.828. The molecule has 0 spiro atoms. The molecule has 3 N–H and O–H groups in total. The van der Waals surface area contributed by atoms with Gasteiger partial charge in [-0.25, -0.2) is 0 Å². The zero-order valence-corrected chi connectivity index (χ0v) is 7.25. The van der Waals surface area contributed by atoms with Crippen LogP contribution in [0.25, 0.3) is 0 Å². The summed E-state index contributed by atoms with van der Waals surface area (Å²) in [6.07, 6.45) is 0.469. The number of hydrogen-bond acceptors (Lipinski definition) is 5. The van der Waals surface area contributed by atoms with E-state index in [1.807, 2.05) is 0 Å². The zero-order valence-electron chi connectivity index (χ0n) is 7.25. The molecule has 1 aromatic rings. The van der Waals surface area contributed by atoms with Crippen LogP contribution < -0.4 is 0 Å². The van der Waals surface area contributed by atoms with Gasteiger partial charge in [0.15, 0.2) is 0 Å². The first-order valence-corrected chi connectivity index (χ1v) is 3.90. The van der Waals surface area contributed by atoms with Gasteiger partial charge in [0.05, 0.1) is 24.2 Å². The van der Waals surface area contributed by atoms with Crippen LogP contribution in [0.1, 0.15) is 17.5 Å². The Morgan fingerprint density at radius 2 is 2.00 bits per heavy atom. The summed E-state index contributed by atoms with van der Waals surface area (Å²) in [6.45, 7) is 1.27. The number of hydrogen-bond donors (Lipinski definition) is 3. The van der Waals surface area contributed by atoms with Crippen LogP contribution in [0.5, 0.6) is 0 Å². The Bertz CT molecular complexity index is 263. The molecule has 1 aromatic heterocycles. The molecule has 0 fully saturated rings. The van der Waals surface area contributed by atoms with E-state index in [2.05, 4.69) is 9.97 Å². The molecule has 0 bridgehead atoms. The number of rotatable bonds is 3. The van der Waals surface area contributed by atoms with Crippen molar-refractivity contribution < 1.29 is 15.3 Å². The highest BCUT2D eigenvalue weighted by Crippen LogP contribution is 2.12. The Labute approximate surface area is 75.7 Å². The summed E-state index contributed by atoms with van der Waals surface area (Å²) in [5, 5.41) is 27.0. The van der Waals surface area contributed by atoms with Crippen molar-refractivity contribution in [3.63, 3.8) is 0 Å². The number of aromatic nitrogens is 2. The number of nitrogens with zero attached hydrogens (tertiary/aromatic N) is 2. The molecule has 0 aliphatic rings. The molecule has 5 nitrogen and oxygen atoms in total. The average Bonchev–Trinajstić information content (AvgIpc) is 2.17. The highest BCUT2D eigenvalue weighted by atomic mass is 16.4. The molecule has 0 aliphatic heterocycles. The van der Waals surface area contributed by atoms with Gasteiger partial charge in [-0.3, -0.25) is 9.97 Å². The molecule has 0 aromatic carbocycles. The minimum absolute atomic E-state index is 0.257. The molecule has 0 aliphatic carbocycles. The van der Waals surface area contributed by atoms with Crippen molar-refractivity contribution >= 4 is 0 Å². The Balaban J connectivity index is 2.77. The SMILES string of the molecule is Cc1cnc([C@@H](O)[C@@H](O)CO)cn1. The van der Waals surface area contributed by atoms with Gasteiger partial charge in [0.25, 0.3) is 0 Å². The molecule has 72 valence electrons. The molecular formula is C8H12N2O3. The second-order valence-electron chi connectivity index (χ2n) is 2.78. The van der Waals surface area contributed by atoms with Gasteiger partial charge in [-0.2, -0.15) is 0 Å². The number of aliphatic hydroxyl groups excluding tert-OH is 3. The maximum absolute atomic E-state index is 9.37. The van der Waals surface area contributed by atoms with E-state index in [-0.39, 0.29) is 5.69 Å². The third-order valence-corrected chi connectivity index (χ3v) is 1.66. The van der Waals surface area contributed by atoms with Gasteiger partial charge in [-0.1, -0.05) is 0 Å². The lowest BCUT2D eigenvalue weighted by molar-refractivity contribution is -0.0174. The lowest BCUT2D eigenvalue weighted by atomic mass is 10.1. The van der Waals surface area contributed by atoms with E-state index in [1.165, 1.54) is 12.4 Å². The summed E-state index contributed by atoms with van der Waals surface area (Å²) in [5.74, 6) is 0. The van der Waals surface area contributed by atoms with E-state index >= 15 is 0 Å². The smallest absolute Gasteiger partial charge is 0.126 e. The fourth-order valence-electron chi connectivity index (χ4n) is 0.852. The van der Waals surface area contributed by atoms with Crippen LogP contribution in [-0.2, 0) is 0 Å². The summed E-state index contributed by atoms with van der Waals surface area (Å²) in [4.78, 5) is 7.77. The van der Waals surface area contributed by atoms with Crippen molar-refractivity contribution in [2.45, 2.75) is 19.1 Å². The standard InChI is InChI=1S/C8H12N2O3/c1-5-2-10-6(3-9-5)8(13)7(12)4-11/h2-3,7-8,11-13H,4H2,1H3/t7-,8+/m0/s1. The molecule has 2 atom stereocenters. The normalized spacial score (nSPS) is 15.4. The highest BCUT2D eigenvalue weighted by Gasteiger charge is 2.18. The molecule has 5 heteroatoms. The van der Waals surface area contributed by atoms with Crippen LogP contribution in [0.3, 0.4) is 0 Å². The van der Waals surface area contributed by atoms with E-state index < -0.39 is 18.8 Å². The van der Waals surface area contributed by atoms with Crippen molar-refractivity contribution in [3.05, 3.63) is 23.8 Å². The van der Waals surface area contributed by atoms with Crippen molar-refractivity contribution in [3.8, 4) is 0 Å². The molecule has 1 rings (SSSR count). The van der Waals surface area contributed by atoms with Crippen LogP contribution in [0.15, 0.2) is 12.4 Å². The van der Waals surface area contributed by atoms with Gasteiger partial charge in [0, 0.05) is 6.20 Å². The Kier molecular flexibility index (Phi) is 3.30. The van der Waals surface area contributed by atoms with E-state index in [4.69, 9.17) is 10.2 Å². The van der Waals surface area contributed by atoms with Crippen molar-refractivity contribution in [2.75, 3.05) is 6.61 Å². The third kappa shape index (κ3) is 2.45. The average molecular weight is 184 g/mol. The van der Waals surface area contributed by atoms with Gasteiger partial charge >= 0.3 is 0 Å². The first-order chi connectivity index (χ1) is 6.15. The summed E-state index contributed by atoms with van der Waals surface area (Å²) in [6, 6.07) is 0. The fraction of sp³-hybridized carbons (Fsp3) is 0.500. The second kappa shape index (κ2) is 4.27. The van der Waals surface area contributed by atoms with E-state index in [1.54, 1.807) is 6.92 Å². The van der Waals surface area contributed by atoms with Gasteiger partial charge in [-0.05, 0) is 6.92 Å².